The molecule has 2 aromatic rings. The summed E-state index contributed by atoms with van der Waals surface area (Å²) in [5, 5.41) is 9.43. The molecule has 3 rings (SSSR count). The third-order valence-electron chi connectivity index (χ3n) is 4.19. The van der Waals surface area contributed by atoms with Gasteiger partial charge in [0.25, 0.3) is 0 Å². The molecule has 0 bridgehead atoms. The maximum Gasteiger partial charge on any atom is 0.326 e. The van der Waals surface area contributed by atoms with E-state index in [1.54, 1.807) is 0 Å². The van der Waals surface area contributed by atoms with Crippen molar-refractivity contribution in [3.63, 3.8) is 0 Å². The van der Waals surface area contributed by atoms with E-state index in [1.165, 1.54) is 11.0 Å². The zero-order chi connectivity index (χ0) is 17.3. The number of aliphatic carboxylic acids is 1. The largest absolute Gasteiger partial charge is 0.480 e. The highest BCUT2D eigenvalue weighted by Crippen LogP contribution is 2.24. The van der Waals surface area contributed by atoms with Gasteiger partial charge in [0.05, 0.1) is 6.42 Å². The first-order valence-corrected chi connectivity index (χ1v) is 7.48. The molecular weight excluding hydrogens is 316 g/mol. The number of halogens is 2. The highest BCUT2D eigenvalue weighted by atomic mass is 19.2. The van der Waals surface area contributed by atoms with Crippen LogP contribution in [0.4, 0.5) is 8.78 Å². The first-order valence-electron chi connectivity index (χ1n) is 7.48. The predicted molar refractivity (Wildman–Crippen MR) is 82.2 cm³/mol. The number of hydrogen-bond acceptors (Lipinski definition) is 2. The fraction of sp³-hybridized carbons (Fsp3) is 0.222. The van der Waals surface area contributed by atoms with Crippen molar-refractivity contribution in [1.82, 2.24) is 4.90 Å². The van der Waals surface area contributed by atoms with E-state index in [0.29, 0.717) is 5.56 Å². The summed E-state index contributed by atoms with van der Waals surface area (Å²) in [5.41, 5.74) is 2.11. The second-order valence-corrected chi connectivity index (χ2v) is 5.77. The first kappa shape index (κ1) is 16.1. The molecule has 0 aliphatic carbocycles. The molecule has 1 aliphatic rings. The Morgan fingerprint density at radius 2 is 1.79 bits per heavy atom. The van der Waals surface area contributed by atoms with Crippen LogP contribution in [-0.4, -0.2) is 27.9 Å². The lowest BCUT2D eigenvalue weighted by Crippen LogP contribution is -2.49. The van der Waals surface area contributed by atoms with Crippen LogP contribution < -0.4 is 0 Å². The van der Waals surface area contributed by atoms with Crippen molar-refractivity contribution < 1.29 is 23.5 Å². The SMILES string of the molecule is O=C(O)C1Cc2ccccc2CN1C(=O)Cc1ccc(F)c(F)c1. The van der Waals surface area contributed by atoms with Gasteiger partial charge >= 0.3 is 5.97 Å². The summed E-state index contributed by atoms with van der Waals surface area (Å²) in [5.74, 6) is -3.52. The van der Waals surface area contributed by atoms with Crippen molar-refractivity contribution in [3.05, 3.63) is 70.8 Å². The Balaban J connectivity index is 1.84. The van der Waals surface area contributed by atoms with Gasteiger partial charge in [-0.05, 0) is 28.8 Å². The van der Waals surface area contributed by atoms with Gasteiger partial charge in [0.1, 0.15) is 6.04 Å². The summed E-state index contributed by atoms with van der Waals surface area (Å²) < 4.78 is 26.3. The average Bonchev–Trinajstić information content (AvgIpc) is 2.57. The van der Waals surface area contributed by atoms with Crippen LogP contribution in [0, 0.1) is 11.6 Å². The summed E-state index contributed by atoms with van der Waals surface area (Å²) >= 11 is 0. The molecule has 2 aromatic carbocycles. The number of benzene rings is 2. The number of rotatable bonds is 3. The molecule has 1 N–H and O–H groups in total. The second-order valence-electron chi connectivity index (χ2n) is 5.77. The van der Waals surface area contributed by atoms with Gasteiger partial charge in [0, 0.05) is 13.0 Å². The van der Waals surface area contributed by atoms with Gasteiger partial charge < -0.3 is 10.0 Å². The van der Waals surface area contributed by atoms with Gasteiger partial charge in [-0.1, -0.05) is 30.3 Å². The number of nitrogens with zero attached hydrogens (tertiary/aromatic N) is 1. The number of amides is 1. The van der Waals surface area contributed by atoms with E-state index in [9.17, 15) is 23.5 Å². The lowest BCUT2D eigenvalue weighted by molar-refractivity contribution is -0.151. The van der Waals surface area contributed by atoms with Crippen molar-refractivity contribution in [3.8, 4) is 0 Å². The van der Waals surface area contributed by atoms with Gasteiger partial charge in [-0.3, -0.25) is 4.79 Å². The molecule has 1 atom stereocenters. The summed E-state index contributed by atoms with van der Waals surface area (Å²) in [6, 6.07) is 9.64. The van der Waals surface area contributed by atoms with Crippen LogP contribution >= 0.6 is 0 Å². The molecule has 0 spiro atoms. The fourth-order valence-electron chi connectivity index (χ4n) is 2.93. The summed E-state index contributed by atoms with van der Waals surface area (Å²) in [4.78, 5) is 25.3. The van der Waals surface area contributed by atoms with Crippen molar-refractivity contribution >= 4 is 11.9 Å². The van der Waals surface area contributed by atoms with Crippen molar-refractivity contribution in [1.29, 1.82) is 0 Å². The van der Waals surface area contributed by atoms with E-state index < -0.39 is 29.6 Å². The molecule has 0 aromatic heterocycles. The minimum absolute atomic E-state index is 0.177. The maximum atomic E-state index is 13.3. The van der Waals surface area contributed by atoms with Gasteiger partial charge in [-0.2, -0.15) is 0 Å². The quantitative estimate of drug-likeness (QED) is 0.940. The Morgan fingerprint density at radius 3 is 2.46 bits per heavy atom. The molecule has 124 valence electrons. The zero-order valence-electron chi connectivity index (χ0n) is 12.7. The number of carboxylic acid groups (broad SMARTS) is 1. The lowest BCUT2D eigenvalue weighted by atomic mass is 9.93. The Bertz CT molecular complexity index is 807. The normalized spacial score (nSPS) is 16.6. The molecule has 1 aliphatic heterocycles. The van der Waals surface area contributed by atoms with Crippen LogP contribution in [-0.2, 0) is 29.0 Å². The first-order chi connectivity index (χ1) is 11.5. The summed E-state index contributed by atoms with van der Waals surface area (Å²) in [6.07, 6.45) is 0.0537. The number of carboxylic acids is 1. The van der Waals surface area contributed by atoms with Gasteiger partial charge in [-0.25, -0.2) is 13.6 Å². The molecule has 6 heteroatoms. The van der Waals surface area contributed by atoms with E-state index >= 15 is 0 Å². The predicted octanol–water partition coefficient (Wildman–Crippen LogP) is 2.55. The average molecular weight is 331 g/mol. The number of fused-ring (bicyclic) bond motifs is 1. The zero-order valence-corrected chi connectivity index (χ0v) is 12.7. The number of carbonyl (C=O) groups is 2. The van der Waals surface area contributed by atoms with Crippen molar-refractivity contribution in [2.75, 3.05) is 0 Å². The Kier molecular flexibility index (Phi) is 4.29. The van der Waals surface area contributed by atoms with Crippen LogP contribution in [0.5, 0.6) is 0 Å². The summed E-state index contributed by atoms with van der Waals surface area (Å²) in [6.45, 7) is 0.190. The van der Waals surface area contributed by atoms with Gasteiger partial charge in [0.15, 0.2) is 11.6 Å². The number of hydrogen-bond donors (Lipinski definition) is 1. The van der Waals surface area contributed by atoms with Crippen LogP contribution in [0.25, 0.3) is 0 Å². The van der Waals surface area contributed by atoms with Crippen LogP contribution in [0.3, 0.4) is 0 Å². The van der Waals surface area contributed by atoms with Gasteiger partial charge in [-0.15, -0.1) is 0 Å². The lowest BCUT2D eigenvalue weighted by Gasteiger charge is -2.34. The van der Waals surface area contributed by atoms with Crippen LogP contribution in [0.2, 0.25) is 0 Å². The van der Waals surface area contributed by atoms with E-state index in [1.807, 2.05) is 24.3 Å². The summed E-state index contributed by atoms with van der Waals surface area (Å²) in [7, 11) is 0. The van der Waals surface area contributed by atoms with E-state index in [2.05, 4.69) is 0 Å². The van der Waals surface area contributed by atoms with Crippen molar-refractivity contribution in [2.45, 2.75) is 25.4 Å². The molecule has 1 heterocycles. The van der Waals surface area contributed by atoms with Crippen LogP contribution in [0.1, 0.15) is 16.7 Å². The molecule has 0 radical (unpaired) electrons. The fourth-order valence-corrected chi connectivity index (χ4v) is 2.93. The molecule has 0 saturated heterocycles. The third kappa shape index (κ3) is 3.13. The van der Waals surface area contributed by atoms with E-state index in [-0.39, 0.29) is 19.4 Å². The van der Waals surface area contributed by atoms with Gasteiger partial charge in [0.2, 0.25) is 5.91 Å². The Morgan fingerprint density at radius 1 is 1.08 bits per heavy atom. The Hall–Kier alpha value is -2.76. The molecule has 1 unspecified atom stereocenters. The molecule has 4 nitrogen and oxygen atoms in total. The maximum absolute atomic E-state index is 13.3. The van der Waals surface area contributed by atoms with E-state index in [4.69, 9.17) is 0 Å². The Labute approximate surface area is 137 Å². The van der Waals surface area contributed by atoms with Crippen LogP contribution in [0.15, 0.2) is 42.5 Å². The molecule has 24 heavy (non-hydrogen) atoms. The van der Waals surface area contributed by atoms with Crippen molar-refractivity contribution in [2.24, 2.45) is 0 Å². The molecule has 0 saturated carbocycles. The highest BCUT2D eigenvalue weighted by Gasteiger charge is 2.34. The standard InChI is InChI=1S/C18H15F2NO3/c19-14-6-5-11(7-15(14)20)8-17(22)21-10-13-4-2-1-3-12(13)9-16(21)18(23)24/h1-7,16H,8-10H2,(H,23,24). The third-order valence-corrected chi connectivity index (χ3v) is 4.19. The monoisotopic (exact) mass is 331 g/mol. The molecule has 0 fully saturated rings. The topological polar surface area (TPSA) is 57.6 Å². The highest BCUT2D eigenvalue weighted by molar-refractivity contribution is 5.85. The minimum atomic E-state index is -1.08. The molecular formula is C18H15F2NO3. The minimum Gasteiger partial charge on any atom is -0.480 e. The molecule has 1 amide bonds. The smallest absolute Gasteiger partial charge is 0.326 e. The van der Waals surface area contributed by atoms with E-state index in [0.717, 1.165) is 23.3 Å². The number of carbonyl (C=O) groups excluding carboxylic acids is 1. The second kappa shape index (κ2) is 6.39.